The standard InChI is InChI=1S/C13H12F12O4/c1-3-5-9(15,16)29-10(17,12(21,22)23)13(24,25)28-8(14,11(18,19)20)6-27-7(26)4-2/h4H,2-3,5-6H2,1H3. The van der Waals surface area contributed by atoms with Crippen LogP contribution in [0.25, 0.3) is 0 Å². The number of halogens is 12. The first kappa shape index (κ1) is 27.3. The molecule has 2 unspecified atom stereocenters. The van der Waals surface area contributed by atoms with Gasteiger partial charge in [-0.1, -0.05) is 13.5 Å². The summed E-state index contributed by atoms with van der Waals surface area (Å²) in [6, 6.07) is 0. The van der Waals surface area contributed by atoms with Crippen molar-refractivity contribution in [1.29, 1.82) is 0 Å². The van der Waals surface area contributed by atoms with Crippen molar-refractivity contribution in [2.75, 3.05) is 6.61 Å². The quantitative estimate of drug-likeness (QED) is 0.256. The van der Waals surface area contributed by atoms with Crippen LogP contribution in [0.4, 0.5) is 52.7 Å². The molecule has 29 heavy (non-hydrogen) atoms. The van der Waals surface area contributed by atoms with Crippen LogP contribution in [-0.2, 0) is 19.0 Å². The highest BCUT2D eigenvalue weighted by atomic mass is 19.4. The van der Waals surface area contributed by atoms with E-state index in [1.165, 1.54) is 0 Å². The van der Waals surface area contributed by atoms with Crippen LogP contribution < -0.4 is 0 Å². The molecular weight excluding hydrogens is 448 g/mol. The molecular formula is C13H12F12O4. The summed E-state index contributed by atoms with van der Waals surface area (Å²) < 4.78 is 166. The lowest BCUT2D eigenvalue weighted by Crippen LogP contribution is -2.65. The lowest BCUT2D eigenvalue weighted by molar-refractivity contribution is -0.531. The highest BCUT2D eigenvalue weighted by Gasteiger charge is 2.80. The van der Waals surface area contributed by atoms with Crippen LogP contribution in [0.2, 0.25) is 0 Å². The highest BCUT2D eigenvalue weighted by Crippen LogP contribution is 2.53. The van der Waals surface area contributed by atoms with Gasteiger partial charge in [0.25, 0.3) is 0 Å². The van der Waals surface area contributed by atoms with Crippen LogP contribution in [-0.4, -0.2) is 48.9 Å². The molecule has 0 aromatic carbocycles. The summed E-state index contributed by atoms with van der Waals surface area (Å²) in [5.74, 6) is -14.7. The van der Waals surface area contributed by atoms with Crippen LogP contribution in [0, 0.1) is 0 Å². The van der Waals surface area contributed by atoms with Gasteiger partial charge in [-0.2, -0.15) is 52.7 Å². The second kappa shape index (κ2) is 8.57. The Morgan fingerprint density at radius 3 is 1.69 bits per heavy atom. The molecule has 0 aromatic heterocycles. The van der Waals surface area contributed by atoms with Crippen molar-refractivity contribution in [1.82, 2.24) is 0 Å². The monoisotopic (exact) mass is 460 g/mol. The van der Waals surface area contributed by atoms with E-state index in [-0.39, 0.29) is 6.08 Å². The molecule has 172 valence electrons. The normalized spacial score (nSPS) is 18.0. The maximum atomic E-state index is 13.9. The van der Waals surface area contributed by atoms with E-state index in [9.17, 15) is 57.5 Å². The Bertz CT molecular complexity index is 587. The predicted molar refractivity (Wildman–Crippen MR) is 67.9 cm³/mol. The predicted octanol–water partition coefficient (Wildman–Crippen LogP) is 5.19. The zero-order valence-electron chi connectivity index (χ0n) is 14.1. The third-order valence-electron chi connectivity index (χ3n) is 2.85. The average molecular weight is 460 g/mol. The molecule has 0 fully saturated rings. The fourth-order valence-corrected chi connectivity index (χ4v) is 1.49. The maximum Gasteiger partial charge on any atom is 0.458 e. The zero-order valence-corrected chi connectivity index (χ0v) is 14.1. The Balaban J connectivity index is 6.17. The van der Waals surface area contributed by atoms with Gasteiger partial charge >= 0.3 is 42.2 Å². The van der Waals surface area contributed by atoms with E-state index >= 15 is 0 Å². The van der Waals surface area contributed by atoms with Gasteiger partial charge in [0.1, 0.15) is 0 Å². The van der Waals surface area contributed by atoms with E-state index in [1.807, 2.05) is 0 Å². The average Bonchev–Trinajstić information content (AvgIpc) is 2.49. The van der Waals surface area contributed by atoms with Crippen molar-refractivity contribution in [3.63, 3.8) is 0 Å². The van der Waals surface area contributed by atoms with Crippen LogP contribution in [0.3, 0.4) is 0 Å². The summed E-state index contributed by atoms with van der Waals surface area (Å²) in [4.78, 5) is 10.7. The smallest absolute Gasteiger partial charge is 0.456 e. The summed E-state index contributed by atoms with van der Waals surface area (Å²) in [6.07, 6.45) is -28.5. The second-order valence-corrected chi connectivity index (χ2v) is 5.24. The molecule has 16 heteroatoms. The van der Waals surface area contributed by atoms with Gasteiger partial charge in [-0.15, -0.1) is 0 Å². The maximum absolute atomic E-state index is 13.9. The molecule has 0 radical (unpaired) electrons. The first-order valence-electron chi connectivity index (χ1n) is 7.14. The number of carbonyl (C=O) groups is 1. The highest BCUT2D eigenvalue weighted by molar-refractivity contribution is 5.81. The fourth-order valence-electron chi connectivity index (χ4n) is 1.49. The third-order valence-corrected chi connectivity index (χ3v) is 2.85. The molecule has 0 N–H and O–H groups in total. The Kier molecular flexibility index (Phi) is 8.07. The molecule has 0 aromatic rings. The minimum atomic E-state index is -7.13. The van der Waals surface area contributed by atoms with Crippen molar-refractivity contribution >= 4 is 5.97 Å². The van der Waals surface area contributed by atoms with Gasteiger partial charge in [0.2, 0.25) is 0 Å². The number of carbonyl (C=O) groups excluding carboxylic acids is 1. The number of esters is 1. The lowest BCUT2D eigenvalue weighted by Gasteiger charge is -2.39. The van der Waals surface area contributed by atoms with E-state index in [1.54, 1.807) is 0 Å². The first-order valence-corrected chi connectivity index (χ1v) is 7.14. The second-order valence-electron chi connectivity index (χ2n) is 5.24. The van der Waals surface area contributed by atoms with E-state index in [0.29, 0.717) is 0 Å². The van der Waals surface area contributed by atoms with Gasteiger partial charge in [-0.05, 0) is 6.42 Å². The molecule has 0 rings (SSSR count). The molecule has 0 aliphatic carbocycles. The van der Waals surface area contributed by atoms with Crippen molar-refractivity contribution in [2.24, 2.45) is 0 Å². The Labute approximate surface area is 154 Å². The fraction of sp³-hybridized carbons (Fsp3) is 0.769. The molecule has 0 aliphatic heterocycles. The largest absolute Gasteiger partial charge is 0.458 e. The minimum absolute atomic E-state index is 0.110. The Morgan fingerprint density at radius 2 is 1.34 bits per heavy atom. The van der Waals surface area contributed by atoms with Crippen molar-refractivity contribution in [3.8, 4) is 0 Å². The van der Waals surface area contributed by atoms with E-state index < -0.39 is 61.7 Å². The van der Waals surface area contributed by atoms with Gasteiger partial charge in [0.15, 0.2) is 6.61 Å². The molecule has 0 amide bonds. The van der Waals surface area contributed by atoms with Gasteiger partial charge in [0, 0.05) is 12.5 Å². The summed E-state index contributed by atoms with van der Waals surface area (Å²) in [5, 5.41) is 0. The molecule has 0 saturated heterocycles. The molecule has 0 spiro atoms. The number of alkyl halides is 12. The van der Waals surface area contributed by atoms with Crippen LogP contribution in [0.5, 0.6) is 0 Å². The van der Waals surface area contributed by atoms with E-state index in [2.05, 4.69) is 20.8 Å². The van der Waals surface area contributed by atoms with Crippen molar-refractivity contribution < 1.29 is 71.7 Å². The van der Waals surface area contributed by atoms with Crippen LogP contribution in [0.1, 0.15) is 19.8 Å². The molecule has 0 saturated carbocycles. The number of ether oxygens (including phenoxy) is 3. The zero-order chi connectivity index (χ0) is 23.5. The number of rotatable bonds is 10. The first-order chi connectivity index (χ1) is 12.7. The topological polar surface area (TPSA) is 44.8 Å². The summed E-state index contributed by atoms with van der Waals surface area (Å²) in [6.45, 7) is 0.690. The summed E-state index contributed by atoms with van der Waals surface area (Å²) in [5.41, 5.74) is 0. The minimum Gasteiger partial charge on any atom is -0.456 e. The lowest BCUT2D eigenvalue weighted by atomic mass is 10.2. The van der Waals surface area contributed by atoms with Crippen LogP contribution in [0.15, 0.2) is 12.7 Å². The molecule has 4 nitrogen and oxygen atoms in total. The molecule has 0 heterocycles. The van der Waals surface area contributed by atoms with E-state index in [0.717, 1.165) is 6.92 Å². The third kappa shape index (κ3) is 6.38. The molecule has 2 atom stereocenters. The van der Waals surface area contributed by atoms with Gasteiger partial charge in [-0.3, -0.25) is 9.47 Å². The van der Waals surface area contributed by atoms with Crippen molar-refractivity contribution in [2.45, 2.75) is 56.0 Å². The van der Waals surface area contributed by atoms with Gasteiger partial charge in [-0.25, -0.2) is 4.79 Å². The van der Waals surface area contributed by atoms with Gasteiger partial charge < -0.3 is 4.74 Å². The molecule has 0 bridgehead atoms. The Hall–Kier alpha value is -1.71. The Morgan fingerprint density at radius 1 is 0.862 bits per heavy atom. The van der Waals surface area contributed by atoms with Crippen molar-refractivity contribution in [3.05, 3.63) is 12.7 Å². The van der Waals surface area contributed by atoms with E-state index in [4.69, 9.17) is 0 Å². The SMILES string of the molecule is C=CC(=O)OCC(F)(OC(F)(F)C(F)(OC(F)(F)CCC)C(F)(F)F)C(F)(F)F. The number of hydrogen-bond acceptors (Lipinski definition) is 4. The van der Waals surface area contributed by atoms with Crippen LogP contribution >= 0.6 is 0 Å². The number of hydrogen-bond donors (Lipinski definition) is 0. The summed E-state index contributed by atoms with van der Waals surface area (Å²) >= 11 is 0. The molecule has 0 aliphatic rings. The van der Waals surface area contributed by atoms with Gasteiger partial charge in [0.05, 0.1) is 0 Å². The summed E-state index contributed by atoms with van der Waals surface area (Å²) in [7, 11) is 0.